The maximum Gasteiger partial charge on any atom is 0.128 e. The van der Waals surface area contributed by atoms with Crippen LogP contribution in [0.1, 0.15) is 5.56 Å². The van der Waals surface area contributed by atoms with Crippen molar-refractivity contribution >= 4 is 38.4 Å². The summed E-state index contributed by atoms with van der Waals surface area (Å²) in [7, 11) is 0. The Hall–Kier alpha value is -0.670. The van der Waals surface area contributed by atoms with E-state index in [2.05, 4.69) is 20.9 Å². The molecule has 0 saturated heterocycles. The Morgan fingerprint density at radius 1 is 1.43 bits per heavy atom. The zero-order valence-electron chi connectivity index (χ0n) is 7.31. The zero-order valence-corrected chi connectivity index (χ0v) is 9.66. The quantitative estimate of drug-likeness (QED) is 0.705. The van der Waals surface area contributed by atoms with Gasteiger partial charge in [0.15, 0.2) is 0 Å². The van der Waals surface area contributed by atoms with E-state index >= 15 is 0 Å². The molecule has 0 saturated carbocycles. The van der Waals surface area contributed by atoms with E-state index in [0.29, 0.717) is 16.1 Å². The summed E-state index contributed by atoms with van der Waals surface area (Å²) < 4.78 is 13.9. The van der Waals surface area contributed by atoms with Crippen molar-refractivity contribution in [2.24, 2.45) is 0 Å². The van der Waals surface area contributed by atoms with Crippen LogP contribution >= 0.6 is 27.5 Å². The Kier molecular flexibility index (Phi) is 2.45. The van der Waals surface area contributed by atoms with E-state index in [1.165, 1.54) is 6.07 Å². The molecule has 0 atom stereocenters. The average Bonchev–Trinajstić information content (AvgIpc) is 2.15. The van der Waals surface area contributed by atoms with Gasteiger partial charge in [-0.1, -0.05) is 11.6 Å². The van der Waals surface area contributed by atoms with Gasteiger partial charge in [-0.2, -0.15) is 0 Å². The molecule has 1 heterocycles. The first-order chi connectivity index (χ1) is 6.59. The monoisotopic (exact) mass is 273 g/mol. The maximum atomic E-state index is 13.2. The highest BCUT2D eigenvalue weighted by Gasteiger charge is 2.07. The Balaban J connectivity index is 2.89. The zero-order chi connectivity index (χ0) is 10.3. The van der Waals surface area contributed by atoms with Gasteiger partial charge in [0, 0.05) is 17.6 Å². The minimum atomic E-state index is -0.261. The Morgan fingerprint density at radius 3 is 2.86 bits per heavy atom. The van der Waals surface area contributed by atoms with Crippen molar-refractivity contribution in [1.29, 1.82) is 0 Å². The van der Waals surface area contributed by atoms with Crippen molar-refractivity contribution in [1.82, 2.24) is 4.98 Å². The van der Waals surface area contributed by atoms with Crippen molar-refractivity contribution in [2.45, 2.75) is 6.92 Å². The summed E-state index contributed by atoms with van der Waals surface area (Å²) in [5, 5.41) is 1.33. The van der Waals surface area contributed by atoms with Crippen molar-refractivity contribution in [3.63, 3.8) is 0 Å². The second kappa shape index (κ2) is 3.48. The molecule has 0 aliphatic rings. The van der Waals surface area contributed by atoms with Gasteiger partial charge in [0.2, 0.25) is 0 Å². The third kappa shape index (κ3) is 1.51. The van der Waals surface area contributed by atoms with Crippen LogP contribution in [0.3, 0.4) is 0 Å². The molecule has 1 aromatic carbocycles. The van der Waals surface area contributed by atoms with E-state index in [1.54, 1.807) is 19.2 Å². The number of benzene rings is 1. The fourth-order valence-electron chi connectivity index (χ4n) is 1.27. The number of nitrogens with zero attached hydrogens (tertiary/aromatic N) is 1. The largest absolute Gasteiger partial charge is 0.255 e. The van der Waals surface area contributed by atoms with Crippen LogP contribution in [0.15, 0.2) is 22.8 Å². The summed E-state index contributed by atoms with van der Waals surface area (Å²) in [4.78, 5) is 4.07. The normalized spacial score (nSPS) is 10.9. The SMILES string of the molecule is Cc1cc2c(Cl)c(Br)cnc2cc1F. The van der Waals surface area contributed by atoms with Crippen LogP contribution in [0, 0.1) is 12.7 Å². The fraction of sp³-hybridized carbons (Fsp3) is 0.100. The number of hydrogen-bond donors (Lipinski definition) is 0. The lowest BCUT2D eigenvalue weighted by molar-refractivity contribution is 0.620. The van der Waals surface area contributed by atoms with Crippen LogP contribution in [0.4, 0.5) is 4.39 Å². The van der Waals surface area contributed by atoms with E-state index in [1.807, 2.05) is 0 Å². The van der Waals surface area contributed by atoms with Gasteiger partial charge in [0.25, 0.3) is 0 Å². The van der Waals surface area contributed by atoms with Gasteiger partial charge < -0.3 is 0 Å². The van der Waals surface area contributed by atoms with Gasteiger partial charge >= 0.3 is 0 Å². The molecular weight excluding hydrogens is 268 g/mol. The first kappa shape index (κ1) is 9.87. The topological polar surface area (TPSA) is 12.9 Å². The lowest BCUT2D eigenvalue weighted by Gasteiger charge is -2.03. The maximum absolute atomic E-state index is 13.2. The smallest absolute Gasteiger partial charge is 0.128 e. The van der Waals surface area contributed by atoms with Gasteiger partial charge in [-0.15, -0.1) is 0 Å². The second-order valence-electron chi connectivity index (χ2n) is 3.04. The second-order valence-corrected chi connectivity index (χ2v) is 4.27. The van der Waals surface area contributed by atoms with Gasteiger partial charge in [0.05, 0.1) is 15.0 Å². The summed E-state index contributed by atoms with van der Waals surface area (Å²) in [6.45, 7) is 1.70. The lowest BCUT2D eigenvalue weighted by atomic mass is 10.1. The van der Waals surface area contributed by atoms with E-state index in [4.69, 9.17) is 11.6 Å². The van der Waals surface area contributed by atoms with Crippen molar-refractivity contribution in [3.05, 3.63) is 39.2 Å². The molecule has 1 nitrogen and oxygen atoms in total. The van der Waals surface area contributed by atoms with Gasteiger partial charge in [-0.05, 0) is 34.5 Å². The van der Waals surface area contributed by atoms with Crippen LogP contribution < -0.4 is 0 Å². The summed E-state index contributed by atoms with van der Waals surface area (Å²) in [5.74, 6) is -0.261. The molecule has 0 N–H and O–H groups in total. The molecule has 0 bridgehead atoms. The number of aryl methyl sites for hydroxylation is 1. The number of rotatable bonds is 0. The van der Waals surface area contributed by atoms with E-state index in [0.717, 1.165) is 9.86 Å². The fourth-order valence-corrected chi connectivity index (χ4v) is 1.78. The highest BCUT2D eigenvalue weighted by Crippen LogP contribution is 2.30. The minimum absolute atomic E-state index is 0.261. The molecule has 0 fully saturated rings. The highest BCUT2D eigenvalue weighted by atomic mass is 79.9. The Bertz CT molecular complexity index is 513. The molecule has 0 amide bonds. The highest BCUT2D eigenvalue weighted by molar-refractivity contribution is 9.10. The molecule has 72 valence electrons. The molecule has 0 unspecified atom stereocenters. The number of hydrogen-bond acceptors (Lipinski definition) is 1. The van der Waals surface area contributed by atoms with Crippen LogP contribution in [0.5, 0.6) is 0 Å². The molecule has 0 aliphatic heterocycles. The molecule has 0 aliphatic carbocycles. The van der Waals surface area contributed by atoms with E-state index in [-0.39, 0.29) is 5.82 Å². The molecule has 4 heteroatoms. The van der Waals surface area contributed by atoms with Crippen molar-refractivity contribution < 1.29 is 4.39 Å². The minimum Gasteiger partial charge on any atom is -0.255 e. The first-order valence-corrected chi connectivity index (χ1v) is 5.16. The van der Waals surface area contributed by atoms with Crippen molar-refractivity contribution in [2.75, 3.05) is 0 Å². The molecule has 2 rings (SSSR count). The summed E-state index contributed by atoms with van der Waals surface area (Å²) in [6, 6.07) is 3.09. The summed E-state index contributed by atoms with van der Waals surface area (Å²) >= 11 is 9.31. The Morgan fingerprint density at radius 2 is 2.14 bits per heavy atom. The molecule has 14 heavy (non-hydrogen) atoms. The summed E-state index contributed by atoms with van der Waals surface area (Å²) in [5.41, 5.74) is 1.14. The van der Waals surface area contributed by atoms with E-state index in [9.17, 15) is 4.39 Å². The van der Waals surface area contributed by atoms with Gasteiger partial charge in [-0.3, -0.25) is 4.98 Å². The average molecular weight is 275 g/mol. The van der Waals surface area contributed by atoms with Crippen LogP contribution in [-0.4, -0.2) is 4.98 Å². The molecular formula is C10H6BrClFN. The van der Waals surface area contributed by atoms with Crippen LogP contribution in [0.2, 0.25) is 5.02 Å². The number of fused-ring (bicyclic) bond motifs is 1. The predicted octanol–water partition coefficient (Wildman–Crippen LogP) is 4.10. The number of halogens is 3. The van der Waals surface area contributed by atoms with Crippen LogP contribution in [-0.2, 0) is 0 Å². The first-order valence-electron chi connectivity index (χ1n) is 3.99. The van der Waals surface area contributed by atoms with Gasteiger partial charge in [0.1, 0.15) is 5.82 Å². The number of pyridine rings is 1. The molecule has 0 spiro atoms. The molecule has 2 aromatic rings. The number of aromatic nitrogens is 1. The van der Waals surface area contributed by atoms with E-state index < -0.39 is 0 Å². The third-order valence-corrected chi connectivity index (χ3v) is 3.28. The third-order valence-electron chi connectivity index (χ3n) is 2.04. The predicted molar refractivity (Wildman–Crippen MR) is 59.1 cm³/mol. The lowest BCUT2D eigenvalue weighted by Crippen LogP contribution is -1.87. The standard InChI is InChI=1S/C10H6BrClFN/c1-5-2-6-9(3-8(5)13)14-4-7(11)10(6)12/h2-4H,1H3. The van der Waals surface area contributed by atoms with Crippen molar-refractivity contribution in [3.8, 4) is 0 Å². The van der Waals surface area contributed by atoms with Crippen LogP contribution in [0.25, 0.3) is 10.9 Å². The molecule has 0 radical (unpaired) electrons. The summed E-state index contributed by atoms with van der Waals surface area (Å²) in [6.07, 6.45) is 1.57. The molecule has 1 aromatic heterocycles. The van der Waals surface area contributed by atoms with Gasteiger partial charge in [-0.25, -0.2) is 4.39 Å². The Labute approximate surface area is 94.0 Å².